The van der Waals surface area contributed by atoms with Crippen LogP contribution in [0.3, 0.4) is 0 Å². The highest BCUT2D eigenvalue weighted by atomic mass is 35.5. The van der Waals surface area contributed by atoms with Gasteiger partial charge in [-0.25, -0.2) is 10.1 Å². The van der Waals surface area contributed by atoms with Crippen LogP contribution in [0.4, 0.5) is 0 Å². The topological polar surface area (TPSA) is 71.5 Å². The van der Waals surface area contributed by atoms with Crippen molar-refractivity contribution in [1.82, 2.24) is 20.2 Å². The molecule has 0 fully saturated rings. The van der Waals surface area contributed by atoms with E-state index < -0.39 is 0 Å². The van der Waals surface area contributed by atoms with E-state index >= 15 is 0 Å². The molecule has 1 N–H and O–H groups in total. The maximum atomic E-state index is 12.3. The van der Waals surface area contributed by atoms with E-state index in [2.05, 4.69) is 20.2 Å². The third kappa shape index (κ3) is 2.61. The Morgan fingerprint density at radius 2 is 1.68 bits per heavy atom. The Kier molecular flexibility index (Phi) is 3.92. The number of aryl methyl sites for hydroxylation is 1. The SMILES string of the molecule is Cc1n[nH]c(=O)c(-c2nccnc2Cl)c1-c1ccc(Cl)cc1. The third-order valence-corrected chi connectivity index (χ3v) is 3.72. The van der Waals surface area contributed by atoms with Crippen molar-refractivity contribution in [3.05, 3.63) is 62.9 Å². The molecule has 0 saturated carbocycles. The summed E-state index contributed by atoms with van der Waals surface area (Å²) in [5.74, 6) is 0. The molecule has 5 nitrogen and oxygen atoms in total. The van der Waals surface area contributed by atoms with Crippen LogP contribution in [0, 0.1) is 6.92 Å². The van der Waals surface area contributed by atoms with E-state index in [0.717, 1.165) is 5.56 Å². The minimum absolute atomic E-state index is 0.161. The van der Waals surface area contributed by atoms with E-state index in [1.54, 1.807) is 19.1 Å². The zero-order chi connectivity index (χ0) is 15.7. The maximum absolute atomic E-state index is 12.3. The van der Waals surface area contributed by atoms with E-state index in [9.17, 15) is 4.79 Å². The maximum Gasteiger partial charge on any atom is 0.274 e. The lowest BCUT2D eigenvalue weighted by Crippen LogP contribution is -2.15. The summed E-state index contributed by atoms with van der Waals surface area (Å²) in [5.41, 5.74) is 2.39. The number of nitrogens with one attached hydrogen (secondary N) is 1. The standard InChI is InChI=1S/C15H10Cl2N4O/c1-8-11(9-2-4-10(16)5-3-9)12(15(22)21-20-8)13-14(17)19-7-6-18-13/h2-7H,1H3,(H,21,22). The van der Waals surface area contributed by atoms with Gasteiger partial charge in [-0.05, 0) is 24.6 Å². The molecule has 0 saturated heterocycles. The average Bonchev–Trinajstić information content (AvgIpc) is 2.51. The predicted octanol–water partition coefficient (Wildman–Crippen LogP) is 3.51. The van der Waals surface area contributed by atoms with Crippen molar-refractivity contribution in [3.63, 3.8) is 0 Å². The molecule has 110 valence electrons. The van der Waals surface area contributed by atoms with Crippen LogP contribution in [-0.2, 0) is 0 Å². The molecule has 2 heterocycles. The molecule has 0 atom stereocenters. The Morgan fingerprint density at radius 1 is 1.00 bits per heavy atom. The second-order valence-electron chi connectivity index (χ2n) is 4.59. The Hall–Kier alpha value is -2.24. The first-order valence-electron chi connectivity index (χ1n) is 6.40. The second-order valence-corrected chi connectivity index (χ2v) is 5.39. The van der Waals surface area contributed by atoms with Gasteiger partial charge in [0.25, 0.3) is 5.56 Å². The summed E-state index contributed by atoms with van der Waals surface area (Å²) in [6.45, 7) is 1.80. The van der Waals surface area contributed by atoms with Crippen LogP contribution in [0.1, 0.15) is 5.69 Å². The number of hydrogen-bond donors (Lipinski definition) is 1. The van der Waals surface area contributed by atoms with Crippen LogP contribution in [0.25, 0.3) is 22.4 Å². The van der Waals surface area contributed by atoms with Crippen LogP contribution >= 0.6 is 23.2 Å². The monoisotopic (exact) mass is 332 g/mol. The lowest BCUT2D eigenvalue weighted by molar-refractivity contribution is 0.949. The molecule has 3 rings (SSSR count). The zero-order valence-electron chi connectivity index (χ0n) is 11.5. The molecule has 22 heavy (non-hydrogen) atoms. The fourth-order valence-corrected chi connectivity index (χ4v) is 2.55. The number of halogens is 2. The summed E-state index contributed by atoms with van der Waals surface area (Å²) in [6.07, 6.45) is 2.96. The highest BCUT2D eigenvalue weighted by Crippen LogP contribution is 2.32. The molecule has 3 aromatic rings. The number of benzene rings is 1. The number of aromatic nitrogens is 4. The van der Waals surface area contributed by atoms with E-state index in [1.165, 1.54) is 12.4 Å². The van der Waals surface area contributed by atoms with E-state index in [0.29, 0.717) is 27.5 Å². The molecule has 0 aliphatic carbocycles. The summed E-state index contributed by atoms with van der Waals surface area (Å²) in [7, 11) is 0. The van der Waals surface area contributed by atoms with Crippen LogP contribution in [0.5, 0.6) is 0 Å². The van der Waals surface area contributed by atoms with Gasteiger partial charge in [0.05, 0.1) is 11.3 Å². The molecule has 2 aromatic heterocycles. The van der Waals surface area contributed by atoms with Gasteiger partial charge in [0, 0.05) is 23.0 Å². The molecule has 0 radical (unpaired) electrons. The summed E-state index contributed by atoms with van der Waals surface area (Å²) >= 11 is 12.0. The first kappa shape index (κ1) is 14.7. The molecule has 0 spiro atoms. The van der Waals surface area contributed by atoms with Crippen molar-refractivity contribution in [2.75, 3.05) is 0 Å². The van der Waals surface area contributed by atoms with Gasteiger partial charge in [-0.2, -0.15) is 5.10 Å². The van der Waals surface area contributed by atoms with Gasteiger partial charge in [0.15, 0.2) is 5.15 Å². The summed E-state index contributed by atoms with van der Waals surface area (Å²) in [6, 6.07) is 7.14. The minimum Gasteiger partial charge on any atom is -0.267 e. The molecule has 0 aliphatic rings. The number of aromatic amines is 1. The lowest BCUT2D eigenvalue weighted by atomic mass is 9.98. The van der Waals surface area contributed by atoms with Gasteiger partial charge in [0.2, 0.25) is 0 Å². The summed E-state index contributed by atoms with van der Waals surface area (Å²) in [4.78, 5) is 20.5. The Balaban J connectivity index is 2.36. The van der Waals surface area contributed by atoms with Gasteiger partial charge in [0.1, 0.15) is 5.69 Å². The first-order chi connectivity index (χ1) is 10.6. The smallest absolute Gasteiger partial charge is 0.267 e. The van der Waals surface area contributed by atoms with Crippen molar-refractivity contribution in [2.45, 2.75) is 6.92 Å². The average molecular weight is 333 g/mol. The molecule has 0 aliphatic heterocycles. The quantitative estimate of drug-likeness (QED) is 0.779. The van der Waals surface area contributed by atoms with Crippen molar-refractivity contribution >= 4 is 23.2 Å². The van der Waals surface area contributed by atoms with Crippen molar-refractivity contribution in [1.29, 1.82) is 0 Å². The first-order valence-corrected chi connectivity index (χ1v) is 7.15. The molecule has 7 heteroatoms. The third-order valence-electron chi connectivity index (χ3n) is 3.19. The van der Waals surface area contributed by atoms with Gasteiger partial charge in [-0.15, -0.1) is 0 Å². The van der Waals surface area contributed by atoms with E-state index in [1.807, 2.05) is 12.1 Å². The molecule has 1 aromatic carbocycles. The Bertz CT molecular complexity index is 891. The fraction of sp³-hybridized carbons (Fsp3) is 0.0667. The van der Waals surface area contributed by atoms with Crippen LogP contribution in [0.15, 0.2) is 41.5 Å². The van der Waals surface area contributed by atoms with Gasteiger partial charge in [-0.3, -0.25) is 9.78 Å². The highest BCUT2D eigenvalue weighted by Gasteiger charge is 2.19. The molecular formula is C15H10Cl2N4O. The molecule has 0 unspecified atom stereocenters. The van der Waals surface area contributed by atoms with Gasteiger partial charge >= 0.3 is 0 Å². The normalized spacial score (nSPS) is 10.7. The number of nitrogens with zero attached hydrogens (tertiary/aromatic N) is 3. The highest BCUT2D eigenvalue weighted by molar-refractivity contribution is 6.32. The van der Waals surface area contributed by atoms with Crippen LogP contribution in [0.2, 0.25) is 10.2 Å². The van der Waals surface area contributed by atoms with Crippen molar-refractivity contribution in [2.24, 2.45) is 0 Å². The van der Waals surface area contributed by atoms with Crippen molar-refractivity contribution < 1.29 is 0 Å². The predicted molar refractivity (Wildman–Crippen MR) is 86.1 cm³/mol. The molecule has 0 bridgehead atoms. The number of rotatable bonds is 2. The molecular weight excluding hydrogens is 323 g/mol. The Morgan fingerprint density at radius 3 is 2.36 bits per heavy atom. The van der Waals surface area contributed by atoms with Gasteiger partial charge < -0.3 is 0 Å². The minimum atomic E-state index is -0.377. The molecule has 0 amide bonds. The van der Waals surface area contributed by atoms with E-state index in [-0.39, 0.29) is 10.7 Å². The Labute approximate surface area is 136 Å². The number of H-pyrrole nitrogens is 1. The van der Waals surface area contributed by atoms with Crippen LogP contribution < -0.4 is 5.56 Å². The zero-order valence-corrected chi connectivity index (χ0v) is 13.0. The van der Waals surface area contributed by atoms with Crippen LogP contribution in [-0.4, -0.2) is 20.2 Å². The summed E-state index contributed by atoms with van der Waals surface area (Å²) < 4.78 is 0. The second kappa shape index (κ2) is 5.87. The van der Waals surface area contributed by atoms with Crippen molar-refractivity contribution in [3.8, 4) is 22.4 Å². The lowest BCUT2D eigenvalue weighted by Gasteiger charge is -2.11. The van der Waals surface area contributed by atoms with E-state index in [4.69, 9.17) is 23.2 Å². The van der Waals surface area contributed by atoms with Gasteiger partial charge in [-0.1, -0.05) is 35.3 Å². The number of hydrogen-bond acceptors (Lipinski definition) is 4. The largest absolute Gasteiger partial charge is 0.274 e. The fourth-order valence-electron chi connectivity index (χ4n) is 2.23. The summed E-state index contributed by atoms with van der Waals surface area (Å²) in [5, 5.41) is 7.26.